The van der Waals surface area contributed by atoms with Gasteiger partial charge in [-0.25, -0.2) is 0 Å². The van der Waals surface area contributed by atoms with Gasteiger partial charge in [0.05, 0.1) is 31.8 Å². The van der Waals surface area contributed by atoms with E-state index in [1.165, 1.54) is 0 Å². The van der Waals surface area contributed by atoms with Crippen molar-refractivity contribution in [1.82, 2.24) is 0 Å². The van der Waals surface area contributed by atoms with Crippen LogP contribution >= 0.6 is 0 Å². The predicted molar refractivity (Wildman–Crippen MR) is 144 cm³/mol. The monoisotopic (exact) mass is 532 g/mol. The molecule has 0 aliphatic carbocycles. The molecular weight excluding hydrogens is 500 g/mol. The molecular formula is C31H32O8. The van der Waals surface area contributed by atoms with Gasteiger partial charge < -0.3 is 28.8 Å². The van der Waals surface area contributed by atoms with E-state index >= 15 is 0 Å². The van der Waals surface area contributed by atoms with Gasteiger partial charge >= 0.3 is 5.97 Å². The summed E-state index contributed by atoms with van der Waals surface area (Å²) < 4.78 is 28.6. The number of carboxylic acid groups (broad SMARTS) is 1. The first-order chi connectivity index (χ1) is 18.8. The van der Waals surface area contributed by atoms with Crippen LogP contribution in [0.5, 0.6) is 17.2 Å². The third-order valence-corrected chi connectivity index (χ3v) is 7.35. The standard InChI is InChI=1S/C31H32O8/c1-18-10-26-29(30(34)31(39-26,16-35-3)17-36-4)19(2)28(18)21-7-5-6-20(11-21)14-37-23-8-9-24-22(12-27(32)33)15-38-25(24)13-23/h5-11,13,22H,12,14-17H2,1-4H3,(H,32,33). The number of fused-ring (bicyclic) bond motifs is 2. The third-order valence-electron chi connectivity index (χ3n) is 7.35. The predicted octanol–water partition coefficient (Wildman–Crippen LogP) is 5.11. The fourth-order valence-corrected chi connectivity index (χ4v) is 5.65. The topological polar surface area (TPSA) is 101 Å². The average molecular weight is 533 g/mol. The van der Waals surface area contributed by atoms with Crippen LogP contribution in [-0.2, 0) is 20.9 Å². The molecule has 0 fully saturated rings. The Morgan fingerprint density at radius 1 is 1.03 bits per heavy atom. The molecule has 0 amide bonds. The van der Waals surface area contributed by atoms with Crippen LogP contribution in [0, 0.1) is 13.8 Å². The third kappa shape index (κ3) is 4.97. The van der Waals surface area contributed by atoms with Crippen LogP contribution in [0.1, 0.15) is 45.0 Å². The normalized spacial score (nSPS) is 16.8. The number of hydrogen-bond donors (Lipinski definition) is 1. The summed E-state index contributed by atoms with van der Waals surface area (Å²) in [6, 6.07) is 15.5. The van der Waals surface area contributed by atoms with Gasteiger partial charge in [-0.3, -0.25) is 9.59 Å². The Kier molecular flexibility index (Phi) is 7.34. The molecule has 1 unspecified atom stereocenters. The molecule has 3 aromatic rings. The number of carbonyl (C=O) groups is 2. The van der Waals surface area contributed by atoms with E-state index in [1.54, 1.807) is 14.2 Å². The number of aliphatic carboxylic acids is 1. The maximum atomic E-state index is 13.5. The van der Waals surface area contributed by atoms with Crippen LogP contribution in [0.2, 0.25) is 0 Å². The summed E-state index contributed by atoms with van der Waals surface area (Å²) in [5.74, 6) is 0.748. The van der Waals surface area contributed by atoms with E-state index in [0.717, 1.165) is 33.4 Å². The zero-order valence-corrected chi connectivity index (χ0v) is 22.5. The lowest BCUT2D eigenvalue weighted by Crippen LogP contribution is -2.48. The number of carboxylic acids is 1. The molecule has 0 spiro atoms. The van der Waals surface area contributed by atoms with Crippen molar-refractivity contribution in [1.29, 1.82) is 0 Å². The van der Waals surface area contributed by atoms with E-state index in [1.807, 2.05) is 56.3 Å². The fraction of sp³-hybridized carbons (Fsp3) is 0.355. The van der Waals surface area contributed by atoms with Crippen LogP contribution in [0.4, 0.5) is 0 Å². The van der Waals surface area contributed by atoms with E-state index in [-0.39, 0.29) is 31.3 Å². The lowest BCUT2D eigenvalue weighted by molar-refractivity contribution is -0.137. The first kappa shape index (κ1) is 26.7. The van der Waals surface area contributed by atoms with Gasteiger partial charge in [0.25, 0.3) is 0 Å². The van der Waals surface area contributed by atoms with Crippen molar-refractivity contribution in [2.45, 2.75) is 38.4 Å². The summed E-state index contributed by atoms with van der Waals surface area (Å²) in [7, 11) is 3.08. The molecule has 8 heteroatoms. The highest BCUT2D eigenvalue weighted by Gasteiger charge is 2.49. The van der Waals surface area contributed by atoms with Crippen LogP contribution in [0.25, 0.3) is 11.1 Å². The molecule has 8 nitrogen and oxygen atoms in total. The quantitative estimate of drug-likeness (QED) is 0.385. The highest BCUT2D eigenvalue weighted by Crippen LogP contribution is 2.43. The van der Waals surface area contributed by atoms with E-state index in [4.69, 9.17) is 28.8 Å². The van der Waals surface area contributed by atoms with Gasteiger partial charge in [-0.2, -0.15) is 0 Å². The molecule has 0 saturated heterocycles. The fourth-order valence-electron chi connectivity index (χ4n) is 5.65. The number of Topliss-reactive ketones (excluding diaryl/α,β-unsaturated/α-hetero) is 1. The van der Waals surface area contributed by atoms with Crippen LogP contribution < -0.4 is 14.2 Å². The van der Waals surface area contributed by atoms with Crippen molar-refractivity contribution < 1.29 is 38.4 Å². The number of benzene rings is 3. The Hall–Kier alpha value is -3.88. The first-order valence-corrected chi connectivity index (χ1v) is 12.8. The minimum absolute atomic E-state index is 0.0407. The van der Waals surface area contributed by atoms with Crippen molar-refractivity contribution in [3.8, 4) is 28.4 Å². The molecule has 0 bridgehead atoms. The molecule has 0 saturated carbocycles. The number of methoxy groups -OCH3 is 2. The smallest absolute Gasteiger partial charge is 0.304 e. The molecule has 1 atom stereocenters. The molecule has 2 heterocycles. The van der Waals surface area contributed by atoms with Gasteiger partial charge in [0, 0.05) is 31.8 Å². The Bertz CT molecular complexity index is 1420. The van der Waals surface area contributed by atoms with Gasteiger partial charge in [0.15, 0.2) is 0 Å². The summed E-state index contributed by atoms with van der Waals surface area (Å²) in [5, 5.41) is 9.12. The molecule has 39 heavy (non-hydrogen) atoms. The summed E-state index contributed by atoms with van der Waals surface area (Å²) in [6.45, 7) is 4.85. The second kappa shape index (κ2) is 10.7. The van der Waals surface area contributed by atoms with Crippen molar-refractivity contribution in [2.24, 2.45) is 0 Å². The number of ether oxygens (including phenoxy) is 5. The van der Waals surface area contributed by atoms with Crippen LogP contribution in [-0.4, -0.2) is 56.5 Å². The van der Waals surface area contributed by atoms with Gasteiger partial charge in [-0.05, 0) is 59.9 Å². The van der Waals surface area contributed by atoms with Crippen molar-refractivity contribution in [2.75, 3.05) is 34.0 Å². The van der Waals surface area contributed by atoms with Crippen molar-refractivity contribution in [3.63, 3.8) is 0 Å². The molecule has 2 aliphatic heterocycles. The minimum Gasteiger partial charge on any atom is -0.492 e. The lowest BCUT2D eigenvalue weighted by Gasteiger charge is -2.25. The zero-order chi connectivity index (χ0) is 27.7. The van der Waals surface area contributed by atoms with Crippen molar-refractivity contribution in [3.05, 3.63) is 76.3 Å². The molecule has 0 radical (unpaired) electrons. The van der Waals surface area contributed by atoms with Gasteiger partial charge in [0.2, 0.25) is 11.4 Å². The number of hydrogen-bond acceptors (Lipinski definition) is 7. The van der Waals surface area contributed by atoms with Crippen molar-refractivity contribution >= 4 is 11.8 Å². The SMILES string of the molecule is COCC1(COC)Oc2cc(C)c(-c3cccc(COc4ccc5c(c4)OCC5CC(=O)O)c3)c(C)c2C1=O. The number of aryl methyl sites for hydroxylation is 1. The largest absolute Gasteiger partial charge is 0.492 e. The van der Waals surface area contributed by atoms with Gasteiger partial charge in [-0.15, -0.1) is 0 Å². The Labute approximate surface area is 227 Å². The first-order valence-electron chi connectivity index (χ1n) is 12.8. The number of carbonyl (C=O) groups excluding carboxylic acids is 1. The molecule has 3 aromatic carbocycles. The average Bonchev–Trinajstić information content (AvgIpc) is 3.40. The second-order valence-corrected chi connectivity index (χ2v) is 10.2. The van der Waals surface area contributed by atoms with Crippen LogP contribution in [0.15, 0.2) is 48.5 Å². The molecule has 204 valence electrons. The Morgan fingerprint density at radius 2 is 1.79 bits per heavy atom. The summed E-state index contributed by atoms with van der Waals surface area (Å²) in [6.07, 6.45) is 0.0407. The molecule has 2 aliphatic rings. The summed E-state index contributed by atoms with van der Waals surface area (Å²) in [5.41, 5.74) is 5.04. The minimum atomic E-state index is -1.19. The second-order valence-electron chi connectivity index (χ2n) is 10.2. The molecule has 1 N–H and O–H groups in total. The highest BCUT2D eigenvalue weighted by molar-refractivity contribution is 6.10. The number of rotatable bonds is 10. The maximum absolute atomic E-state index is 13.5. The number of ketones is 1. The summed E-state index contributed by atoms with van der Waals surface area (Å²) in [4.78, 5) is 24.7. The lowest BCUT2D eigenvalue weighted by atomic mass is 9.87. The van der Waals surface area contributed by atoms with Crippen LogP contribution in [0.3, 0.4) is 0 Å². The van der Waals surface area contributed by atoms with E-state index in [0.29, 0.717) is 36.0 Å². The summed E-state index contributed by atoms with van der Waals surface area (Å²) >= 11 is 0. The maximum Gasteiger partial charge on any atom is 0.304 e. The Balaban J connectivity index is 1.37. The van der Waals surface area contributed by atoms with E-state index < -0.39 is 11.6 Å². The van der Waals surface area contributed by atoms with E-state index in [9.17, 15) is 9.59 Å². The van der Waals surface area contributed by atoms with Gasteiger partial charge in [0.1, 0.15) is 23.9 Å². The zero-order valence-electron chi connectivity index (χ0n) is 22.5. The highest BCUT2D eigenvalue weighted by atomic mass is 16.6. The van der Waals surface area contributed by atoms with Gasteiger partial charge in [-0.1, -0.05) is 24.3 Å². The molecule has 0 aromatic heterocycles. The molecule has 5 rings (SSSR count). The van der Waals surface area contributed by atoms with E-state index in [2.05, 4.69) is 6.07 Å². The Morgan fingerprint density at radius 3 is 2.51 bits per heavy atom.